The van der Waals surface area contributed by atoms with Crippen LogP contribution in [0, 0.1) is 60.8 Å². The van der Waals surface area contributed by atoms with Crippen molar-refractivity contribution in [1.82, 2.24) is 0 Å². The van der Waals surface area contributed by atoms with E-state index in [1.807, 2.05) is 0 Å². The molecule has 0 aromatic heterocycles. The molecule has 0 fully saturated rings. The third-order valence-corrected chi connectivity index (χ3v) is 5.21. The predicted molar refractivity (Wildman–Crippen MR) is 135 cm³/mol. The minimum atomic E-state index is 0. The molecule has 0 N–H and O–H groups in total. The minimum absolute atomic E-state index is 0. The van der Waals surface area contributed by atoms with Gasteiger partial charge in [-0.25, -0.2) is 0 Å². The Balaban J connectivity index is 0.000000429. The van der Waals surface area contributed by atoms with E-state index >= 15 is 0 Å². The van der Waals surface area contributed by atoms with Crippen LogP contribution in [0.3, 0.4) is 0 Å². The second kappa shape index (κ2) is 14.7. The first-order valence-electron chi connectivity index (χ1n) is 10.8. The Kier molecular flexibility index (Phi) is 13.7. The maximum Gasteiger partial charge on any atom is 3.00 e. The topological polar surface area (TPSA) is 0 Å². The van der Waals surface area contributed by atoms with E-state index < -0.39 is 0 Å². The summed E-state index contributed by atoms with van der Waals surface area (Å²) in [6, 6.07) is 19.5. The quantitative estimate of drug-likeness (QED) is 0.350. The monoisotopic (exact) mass is 451 g/mol. The van der Waals surface area contributed by atoms with Gasteiger partial charge < -0.3 is 0 Å². The van der Waals surface area contributed by atoms with Crippen molar-refractivity contribution < 1.29 is 17.4 Å². The molecule has 0 amide bonds. The molecule has 0 spiro atoms. The van der Waals surface area contributed by atoms with Crippen LogP contribution in [0.2, 0.25) is 0 Å². The second-order valence-electron chi connectivity index (χ2n) is 7.95. The maximum absolute atomic E-state index is 2.20. The van der Waals surface area contributed by atoms with Gasteiger partial charge in [0.25, 0.3) is 0 Å². The summed E-state index contributed by atoms with van der Waals surface area (Å²) in [7, 11) is 0. The molecule has 0 atom stereocenters. The molecule has 1 radical (unpaired) electrons. The van der Waals surface area contributed by atoms with E-state index in [0.717, 1.165) is 0 Å². The van der Waals surface area contributed by atoms with Crippen LogP contribution < -0.4 is 0 Å². The number of hydrogen-bond donors (Lipinski definition) is 0. The van der Waals surface area contributed by atoms with Crippen LogP contribution in [-0.2, 0) is 17.4 Å². The summed E-state index contributed by atoms with van der Waals surface area (Å²) in [5.41, 5.74) is 12.1. The van der Waals surface area contributed by atoms with Gasteiger partial charge in [0.05, 0.1) is 0 Å². The molecule has 3 rings (SSSR count). The van der Waals surface area contributed by atoms with Gasteiger partial charge in [0, 0.05) is 0 Å². The zero-order chi connectivity index (χ0) is 22.7. The largest absolute Gasteiger partial charge is 3.00 e. The molecule has 31 heavy (non-hydrogen) atoms. The van der Waals surface area contributed by atoms with Gasteiger partial charge in [-0.1, -0.05) is 58.2 Å². The first-order chi connectivity index (χ1) is 14.2. The Hall–Kier alpha value is -2.20. The number of hydrogen-bond acceptors (Lipinski definition) is 0. The van der Waals surface area contributed by atoms with Gasteiger partial charge in [-0.3, -0.25) is 0 Å². The van der Waals surface area contributed by atoms with Crippen molar-refractivity contribution in [2.24, 2.45) is 0 Å². The van der Waals surface area contributed by atoms with Crippen LogP contribution in [0.15, 0.2) is 54.6 Å². The fourth-order valence-corrected chi connectivity index (χ4v) is 3.45. The molecular weight excluding hydrogens is 412 g/mol. The average Bonchev–Trinajstić information content (AvgIpc) is 2.69. The van der Waals surface area contributed by atoms with Crippen LogP contribution in [0.4, 0.5) is 0 Å². The zero-order valence-electron chi connectivity index (χ0n) is 20.8. The Morgan fingerprint density at radius 3 is 0.806 bits per heavy atom. The number of aryl methyl sites for hydroxylation is 6. The molecule has 3 aromatic carbocycles. The third kappa shape index (κ3) is 10.1. The van der Waals surface area contributed by atoms with Gasteiger partial charge >= 0.3 is 17.4 Å². The van der Waals surface area contributed by atoms with Gasteiger partial charge in [0.1, 0.15) is 0 Å². The molecule has 0 unspecified atom stereocenters. The molecule has 0 aliphatic carbocycles. The first-order valence-corrected chi connectivity index (χ1v) is 10.8. The van der Waals surface area contributed by atoms with Crippen molar-refractivity contribution in [1.29, 1.82) is 0 Å². The zero-order valence-corrected chi connectivity index (χ0v) is 22.1. The van der Waals surface area contributed by atoms with Crippen molar-refractivity contribution in [3.63, 3.8) is 0 Å². The minimum Gasteiger partial charge on any atom is -0.189 e. The molecule has 1 heteroatoms. The smallest absolute Gasteiger partial charge is 0.189 e. The fraction of sp³-hybridized carbons (Fsp3) is 0.300. The summed E-state index contributed by atoms with van der Waals surface area (Å²) in [5, 5.41) is 0. The van der Waals surface area contributed by atoms with Gasteiger partial charge in [0.15, 0.2) is 0 Å². The SMILES string of the molecule is C[CH-]c1ccc(C)cc1C.C[CH-]c1ccc(C)cc1C.C[CH-]c1ccc(C)cc1C.[Cr+3]. The van der Waals surface area contributed by atoms with Crippen molar-refractivity contribution in [2.75, 3.05) is 0 Å². The van der Waals surface area contributed by atoms with Crippen LogP contribution in [0.5, 0.6) is 0 Å². The average molecular weight is 452 g/mol. The van der Waals surface area contributed by atoms with E-state index in [2.05, 4.69) is 136 Å². The fourth-order valence-electron chi connectivity index (χ4n) is 3.45. The molecule has 0 aliphatic rings. The molecule has 3 aromatic rings. The Morgan fingerprint density at radius 2 is 0.645 bits per heavy atom. The van der Waals surface area contributed by atoms with E-state index in [0.29, 0.717) is 0 Å². The summed E-state index contributed by atoms with van der Waals surface area (Å²) < 4.78 is 0. The Morgan fingerprint density at radius 1 is 0.419 bits per heavy atom. The second-order valence-corrected chi connectivity index (χ2v) is 7.95. The van der Waals surface area contributed by atoms with E-state index in [9.17, 15) is 0 Å². The summed E-state index contributed by atoms with van der Waals surface area (Å²) in [6.45, 7) is 19.0. The van der Waals surface area contributed by atoms with Crippen molar-refractivity contribution in [3.05, 3.63) is 124 Å². The molecule has 0 saturated heterocycles. The van der Waals surface area contributed by atoms with Crippen LogP contribution in [0.25, 0.3) is 0 Å². The van der Waals surface area contributed by atoms with Crippen LogP contribution in [0.1, 0.15) is 70.8 Å². The standard InChI is InChI=1S/3C10H13.Cr/c3*1-4-10-6-5-8(2)7-9(10)3;/h3*4-7H,1-3H3;/q3*-1;+3. The van der Waals surface area contributed by atoms with Gasteiger partial charge in [-0.05, 0) is 20.8 Å². The Bertz CT molecular complexity index is 799. The molecule has 0 aliphatic heterocycles. The van der Waals surface area contributed by atoms with Crippen LogP contribution in [-0.4, -0.2) is 0 Å². The summed E-state index contributed by atoms with van der Waals surface area (Å²) in [5.74, 6) is 0. The van der Waals surface area contributed by atoms with Crippen molar-refractivity contribution in [3.8, 4) is 0 Å². The molecule has 0 saturated carbocycles. The molecular formula is C30H39Cr. The van der Waals surface area contributed by atoms with E-state index in [4.69, 9.17) is 0 Å². The molecule has 0 heterocycles. The van der Waals surface area contributed by atoms with E-state index in [-0.39, 0.29) is 17.4 Å². The number of rotatable bonds is 3. The third-order valence-electron chi connectivity index (χ3n) is 5.21. The summed E-state index contributed by atoms with van der Waals surface area (Å²) in [6.07, 6.45) is 6.40. The molecule has 165 valence electrons. The number of benzene rings is 3. The van der Waals surface area contributed by atoms with Gasteiger partial charge in [0.2, 0.25) is 0 Å². The first kappa shape index (κ1) is 28.8. The molecule has 0 nitrogen and oxygen atoms in total. The predicted octanol–water partition coefficient (Wildman–Crippen LogP) is 8.62. The van der Waals surface area contributed by atoms with Crippen LogP contribution >= 0.6 is 0 Å². The van der Waals surface area contributed by atoms with Crippen molar-refractivity contribution in [2.45, 2.75) is 62.3 Å². The molecule has 0 bridgehead atoms. The van der Waals surface area contributed by atoms with Gasteiger partial charge in [-0.15, -0.1) is 36.4 Å². The van der Waals surface area contributed by atoms with Crippen molar-refractivity contribution >= 4 is 0 Å². The normalized spacial score (nSPS) is 9.19. The van der Waals surface area contributed by atoms with E-state index in [1.54, 1.807) is 0 Å². The maximum atomic E-state index is 2.20. The van der Waals surface area contributed by atoms with Gasteiger partial charge in [-0.2, -0.15) is 70.8 Å². The summed E-state index contributed by atoms with van der Waals surface area (Å²) >= 11 is 0. The Labute approximate surface area is 203 Å². The summed E-state index contributed by atoms with van der Waals surface area (Å²) in [4.78, 5) is 0. The van der Waals surface area contributed by atoms with E-state index in [1.165, 1.54) is 50.1 Å².